The zero-order chi connectivity index (χ0) is 16.3. The van der Waals surface area contributed by atoms with Gasteiger partial charge in [-0.05, 0) is 38.5 Å². The Morgan fingerprint density at radius 2 is 2.14 bits per heavy atom. The van der Waals surface area contributed by atoms with E-state index in [4.69, 9.17) is 21.1 Å². The number of ether oxygens (including phenoxy) is 2. The van der Waals surface area contributed by atoms with Gasteiger partial charge in [0.05, 0.1) is 13.2 Å². The van der Waals surface area contributed by atoms with Gasteiger partial charge in [-0.1, -0.05) is 17.7 Å². The molecule has 0 spiro atoms. The van der Waals surface area contributed by atoms with E-state index in [1.165, 1.54) is 0 Å². The lowest BCUT2D eigenvalue weighted by Crippen LogP contribution is -2.50. The van der Waals surface area contributed by atoms with Crippen molar-refractivity contribution in [3.05, 3.63) is 28.8 Å². The largest absolute Gasteiger partial charge is 0.497 e. The SMILES string of the molecule is COc1ccc(C2CNCCN2C(=O)OC(C)(C)C)c(Cl)c1. The molecule has 122 valence electrons. The first-order chi connectivity index (χ1) is 10.3. The van der Waals surface area contributed by atoms with E-state index in [9.17, 15) is 4.79 Å². The Hall–Kier alpha value is -1.46. The first-order valence-corrected chi connectivity index (χ1v) is 7.73. The average molecular weight is 327 g/mol. The molecule has 1 N–H and O–H groups in total. The summed E-state index contributed by atoms with van der Waals surface area (Å²) >= 11 is 6.36. The average Bonchev–Trinajstić information content (AvgIpc) is 2.45. The van der Waals surface area contributed by atoms with Gasteiger partial charge in [-0.2, -0.15) is 0 Å². The number of methoxy groups -OCH3 is 1. The molecule has 1 aromatic rings. The van der Waals surface area contributed by atoms with Gasteiger partial charge >= 0.3 is 6.09 Å². The minimum Gasteiger partial charge on any atom is -0.497 e. The molecule has 1 atom stereocenters. The molecular formula is C16H23ClN2O3. The van der Waals surface area contributed by atoms with Crippen LogP contribution in [0.2, 0.25) is 5.02 Å². The molecule has 1 saturated heterocycles. The van der Waals surface area contributed by atoms with Crippen LogP contribution >= 0.6 is 11.6 Å². The minimum absolute atomic E-state index is 0.151. The van der Waals surface area contributed by atoms with Gasteiger partial charge in [0.25, 0.3) is 0 Å². The van der Waals surface area contributed by atoms with Crippen molar-refractivity contribution >= 4 is 17.7 Å². The van der Waals surface area contributed by atoms with E-state index in [2.05, 4.69) is 5.32 Å². The van der Waals surface area contributed by atoms with E-state index >= 15 is 0 Å². The first-order valence-electron chi connectivity index (χ1n) is 7.35. The van der Waals surface area contributed by atoms with Crippen molar-refractivity contribution in [3.63, 3.8) is 0 Å². The van der Waals surface area contributed by atoms with Crippen LogP contribution in [0, 0.1) is 0 Å². The molecule has 1 amide bonds. The van der Waals surface area contributed by atoms with Gasteiger partial charge in [0.2, 0.25) is 0 Å². The summed E-state index contributed by atoms with van der Waals surface area (Å²) in [5.74, 6) is 0.696. The molecule has 0 saturated carbocycles. The summed E-state index contributed by atoms with van der Waals surface area (Å²) in [6.07, 6.45) is -0.314. The number of hydrogen-bond donors (Lipinski definition) is 1. The molecule has 1 fully saturated rings. The van der Waals surface area contributed by atoms with E-state index in [0.717, 1.165) is 12.1 Å². The summed E-state index contributed by atoms with van der Waals surface area (Å²) in [7, 11) is 1.60. The molecular weight excluding hydrogens is 304 g/mol. The monoisotopic (exact) mass is 326 g/mol. The van der Waals surface area contributed by atoms with Gasteiger partial charge < -0.3 is 14.8 Å². The molecule has 1 unspecified atom stereocenters. The molecule has 1 aliphatic heterocycles. The number of rotatable bonds is 2. The number of halogens is 1. The van der Waals surface area contributed by atoms with Crippen LogP contribution in [-0.4, -0.2) is 43.3 Å². The van der Waals surface area contributed by atoms with E-state index in [1.54, 1.807) is 18.1 Å². The zero-order valence-electron chi connectivity index (χ0n) is 13.5. The number of benzene rings is 1. The van der Waals surface area contributed by atoms with Crippen LogP contribution in [0.15, 0.2) is 18.2 Å². The van der Waals surface area contributed by atoms with Crippen LogP contribution in [0.3, 0.4) is 0 Å². The smallest absolute Gasteiger partial charge is 0.410 e. The van der Waals surface area contributed by atoms with Gasteiger partial charge in [0.1, 0.15) is 11.4 Å². The number of carbonyl (C=O) groups excluding carboxylic acids is 1. The molecule has 0 aliphatic carbocycles. The second-order valence-corrected chi connectivity index (χ2v) is 6.69. The van der Waals surface area contributed by atoms with Crippen LogP contribution in [0.4, 0.5) is 4.79 Å². The van der Waals surface area contributed by atoms with Gasteiger partial charge in [-0.15, -0.1) is 0 Å². The van der Waals surface area contributed by atoms with Gasteiger partial charge in [-0.25, -0.2) is 4.79 Å². The van der Waals surface area contributed by atoms with E-state index in [1.807, 2.05) is 32.9 Å². The third kappa shape index (κ3) is 4.05. The van der Waals surface area contributed by atoms with Gasteiger partial charge in [-0.3, -0.25) is 4.90 Å². The van der Waals surface area contributed by atoms with Crippen molar-refractivity contribution in [1.29, 1.82) is 0 Å². The summed E-state index contributed by atoms with van der Waals surface area (Å²) in [6.45, 7) is 7.56. The Morgan fingerprint density at radius 3 is 2.73 bits per heavy atom. The number of nitrogens with zero attached hydrogens (tertiary/aromatic N) is 1. The van der Waals surface area contributed by atoms with Crippen LogP contribution in [0.25, 0.3) is 0 Å². The molecule has 0 aromatic heterocycles. The fraction of sp³-hybridized carbons (Fsp3) is 0.562. The lowest BCUT2D eigenvalue weighted by Gasteiger charge is -2.37. The number of amides is 1. The highest BCUT2D eigenvalue weighted by Gasteiger charge is 2.32. The predicted octanol–water partition coefficient (Wildman–Crippen LogP) is 3.23. The molecule has 22 heavy (non-hydrogen) atoms. The molecule has 0 radical (unpaired) electrons. The highest BCUT2D eigenvalue weighted by molar-refractivity contribution is 6.31. The predicted molar refractivity (Wildman–Crippen MR) is 86.6 cm³/mol. The maximum Gasteiger partial charge on any atom is 0.410 e. The fourth-order valence-electron chi connectivity index (χ4n) is 2.43. The van der Waals surface area contributed by atoms with Gasteiger partial charge in [0.15, 0.2) is 0 Å². The molecule has 0 bridgehead atoms. The highest BCUT2D eigenvalue weighted by Crippen LogP contribution is 2.32. The molecule has 6 heteroatoms. The molecule has 2 rings (SSSR count). The normalized spacial score (nSPS) is 19.0. The van der Waals surface area contributed by atoms with Crippen molar-refractivity contribution in [2.24, 2.45) is 0 Å². The summed E-state index contributed by atoms with van der Waals surface area (Å²) in [5, 5.41) is 3.88. The van der Waals surface area contributed by atoms with Crippen molar-refractivity contribution in [2.45, 2.75) is 32.4 Å². The summed E-state index contributed by atoms with van der Waals surface area (Å²) in [6, 6.07) is 5.36. The van der Waals surface area contributed by atoms with Crippen molar-refractivity contribution in [1.82, 2.24) is 10.2 Å². The van der Waals surface area contributed by atoms with Crippen LogP contribution in [0.1, 0.15) is 32.4 Å². The van der Waals surface area contributed by atoms with Crippen molar-refractivity contribution in [2.75, 3.05) is 26.7 Å². The third-order valence-corrected chi connectivity index (χ3v) is 3.77. The van der Waals surface area contributed by atoms with Gasteiger partial charge in [0, 0.05) is 24.7 Å². The van der Waals surface area contributed by atoms with Crippen LogP contribution in [-0.2, 0) is 4.74 Å². The maximum absolute atomic E-state index is 12.4. The minimum atomic E-state index is -0.518. The molecule has 1 aromatic carbocycles. The van der Waals surface area contributed by atoms with Crippen LogP contribution < -0.4 is 10.1 Å². The topological polar surface area (TPSA) is 50.8 Å². The van der Waals surface area contributed by atoms with Crippen LogP contribution in [0.5, 0.6) is 5.75 Å². The standard InChI is InChI=1S/C16H23ClN2O3/c1-16(2,3)22-15(20)19-8-7-18-10-14(19)12-6-5-11(21-4)9-13(12)17/h5-6,9,14,18H,7-8,10H2,1-4H3. The van der Waals surface area contributed by atoms with Crippen molar-refractivity contribution < 1.29 is 14.3 Å². The Labute approximate surface area is 136 Å². The Kier molecular flexibility index (Phi) is 5.19. The molecule has 1 aliphatic rings. The van der Waals surface area contributed by atoms with E-state index in [-0.39, 0.29) is 12.1 Å². The Morgan fingerprint density at radius 1 is 1.41 bits per heavy atom. The lowest BCUT2D eigenvalue weighted by atomic mass is 10.0. The Balaban J connectivity index is 2.24. The zero-order valence-corrected chi connectivity index (χ0v) is 14.2. The molecule has 5 nitrogen and oxygen atoms in total. The quantitative estimate of drug-likeness (QED) is 0.906. The number of carbonyl (C=O) groups is 1. The molecule has 1 heterocycles. The first kappa shape index (κ1) is 16.9. The van der Waals surface area contributed by atoms with Crippen molar-refractivity contribution in [3.8, 4) is 5.75 Å². The number of hydrogen-bond acceptors (Lipinski definition) is 4. The number of piperazine rings is 1. The fourth-order valence-corrected chi connectivity index (χ4v) is 2.72. The maximum atomic E-state index is 12.4. The number of nitrogens with one attached hydrogen (secondary N) is 1. The second-order valence-electron chi connectivity index (χ2n) is 6.28. The lowest BCUT2D eigenvalue weighted by molar-refractivity contribution is 0.0118. The summed E-state index contributed by atoms with van der Waals surface area (Å²) in [5.41, 5.74) is 0.372. The summed E-state index contributed by atoms with van der Waals surface area (Å²) in [4.78, 5) is 14.2. The van der Waals surface area contributed by atoms with E-state index in [0.29, 0.717) is 23.9 Å². The highest BCUT2D eigenvalue weighted by atomic mass is 35.5. The Bertz CT molecular complexity index is 543. The third-order valence-electron chi connectivity index (χ3n) is 3.44. The summed E-state index contributed by atoms with van der Waals surface area (Å²) < 4.78 is 10.7. The second kappa shape index (κ2) is 6.75. The van der Waals surface area contributed by atoms with E-state index < -0.39 is 5.60 Å².